The Bertz CT molecular complexity index is 730. The van der Waals surface area contributed by atoms with Crippen molar-refractivity contribution in [2.24, 2.45) is 0 Å². The summed E-state index contributed by atoms with van der Waals surface area (Å²) in [5.41, 5.74) is 1.53. The quantitative estimate of drug-likeness (QED) is 0.222. The first-order valence-corrected chi connectivity index (χ1v) is 8.76. The molecule has 146 valence electrons. The topological polar surface area (TPSA) is 93.2 Å². The molecule has 0 aromatic carbocycles. The molecule has 4 amide bonds. The molecule has 27 heavy (non-hydrogen) atoms. The number of carbonyl (C=O) groups excluding carboxylic acids is 4. The van der Waals surface area contributed by atoms with Crippen LogP contribution in [0.5, 0.6) is 0 Å². The third-order valence-corrected chi connectivity index (χ3v) is 4.30. The SMILES string of the molecule is C=C(C)/C(C(=O)CN1C(=O)C(=O)N(CC2CCCOO2)C1=O)=C(C)\C=C\C. The lowest BCUT2D eigenvalue weighted by Crippen LogP contribution is -2.41. The van der Waals surface area contributed by atoms with Gasteiger partial charge in [-0.15, -0.1) is 0 Å². The lowest BCUT2D eigenvalue weighted by Gasteiger charge is -2.24. The van der Waals surface area contributed by atoms with Crippen LogP contribution in [0.25, 0.3) is 0 Å². The molecule has 0 aromatic rings. The lowest BCUT2D eigenvalue weighted by atomic mass is 9.98. The Morgan fingerprint density at radius 3 is 2.44 bits per heavy atom. The number of Topliss-reactive ketones (excluding diaryl/α,β-unsaturated/α-hetero) is 1. The van der Waals surface area contributed by atoms with Crippen molar-refractivity contribution in [1.82, 2.24) is 9.80 Å². The predicted molar refractivity (Wildman–Crippen MR) is 96.2 cm³/mol. The second kappa shape index (κ2) is 8.88. The highest BCUT2D eigenvalue weighted by molar-refractivity contribution is 6.45. The molecule has 1 atom stereocenters. The molecule has 0 spiro atoms. The summed E-state index contributed by atoms with van der Waals surface area (Å²) in [6, 6.07) is -0.822. The molecule has 2 fully saturated rings. The number of amides is 4. The van der Waals surface area contributed by atoms with Crippen molar-refractivity contribution in [3.8, 4) is 0 Å². The fourth-order valence-electron chi connectivity index (χ4n) is 3.09. The van der Waals surface area contributed by atoms with Gasteiger partial charge in [0.1, 0.15) is 6.10 Å². The molecule has 2 saturated heterocycles. The number of imide groups is 2. The average molecular weight is 376 g/mol. The van der Waals surface area contributed by atoms with Crippen LogP contribution in [0.2, 0.25) is 0 Å². The maximum Gasteiger partial charge on any atom is 0.334 e. The summed E-state index contributed by atoms with van der Waals surface area (Å²) < 4.78 is 0. The summed E-state index contributed by atoms with van der Waals surface area (Å²) in [5.74, 6) is -2.44. The summed E-state index contributed by atoms with van der Waals surface area (Å²) in [6.45, 7) is 8.86. The zero-order chi connectivity index (χ0) is 20.1. The highest BCUT2D eigenvalue weighted by atomic mass is 17.2. The van der Waals surface area contributed by atoms with E-state index in [9.17, 15) is 19.2 Å². The Morgan fingerprint density at radius 1 is 1.22 bits per heavy atom. The Balaban J connectivity index is 2.16. The van der Waals surface area contributed by atoms with Gasteiger partial charge in [-0.25, -0.2) is 19.5 Å². The second-order valence-corrected chi connectivity index (χ2v) is 6.53. The van der Waals surface area contributed by atoms with Gasteiger partial charge in [-0.2, -0.15) is 0 Å². The van der Waals surface area contributed by atoms with Crippen LogP contribution in [0.4, 0.5) is 4.79 Å². The highest BCUT2D eigenvalue weighted by Gasteiger charge is 2.46. The van der Waals surface area contributed by atoms with Gasteiger partial charge in [-0.1, -0.05) is 18.7 Å². The van der Waals surface area contributed by atoms with E-state index in [4.69, 9.17) is 9.78 Å². The standard InChI is InChI=1S/C19H24N2O6/c1-5-7-13(4)16(12(2)3)15(22)11-21-18(24)17(23)20(19(21)25)10-14-8-6-9-26-27-14/h5,7,14H,2,6,8-11H2,1,3-4H3/b7-5+,16-13+. The van der Waals surface area contributed by atoms with Crippen LogP contribution in [-0.4, -0.2) is 59.2 Å². The molecule has 0 N–H and O–H groups in total. The number of hydrogen-bond donors (Lipinski definition) is 0. The zero-order valence-corrected chi connectivity index (χ0v) is 15.8. The smallest absolute Gasteiger partial charge is 0.292 e. The number of urea groups is 1. The van der Waals surface area contributed by atoms with Gasteiger partial charge < -0.3 is 0 Å². The van der Waals surface area contributed by atoms with Gasteiger partial charge in [0.15, 0.2) is 5.78 Å². The molecular formula is C19H24N2O6. The number of nitrogens with zero attached hydrogens (tertiary/aromatic N) is 2. The van der Waals surface area contributed by atoms with E-state index < -0.39 is 36.3 Å². The third-order valence-electron chi connectivity index (χ3n) is 4.30. The maximum absolute atomic E-state index is 12.7. The number of rotatable bonds is 7. The first kappa shape index (κ1) is 20.7. The van der Waals surface area contributed by atoms with Gasteiger partial charge in [0, 0.05) is 5.57 Å². The first-order chi connectivity index (χ1) is 12.8. The van der Waals surface area contributed by atoms with Crippen LogP contribution in [0.15, 0.2) is 35.5 Å². The molecule has 1 unspecified atom stereocenters. The fraction of sp³-hybridized carbons (Fsp3) is 0.474. The Kier molecular flexibility index (Phi) is 6.81. The van der Waals surface area contributed by atoms with Gasteiger partial charge in [-0.05, 0) is 44.8 Å². The average Bonchev–Trinajstić information content (AvgIpc) is 2.81. The summed E-state index contributed by atoms with van der Waals surface area (Å²) in [7, 11) is 0. The van der Waals surface area contributed by atoms with Crippen LogP contribution in [-0.2, 0) is 24.2 Å². The molecule has 0 bridgehead atoms. The van der Waals surface area contributed by atoms with Crippen LogP contribution >= 0.6 is 0 Å². The Morgan fingerprint density at radius 2 is 1.89 bits per heavy atom. The van der Waals surface area contributed by atoms with E-state index in [2.05, 4.69) is 6.58 Å². The molecule has 8 nitrogen and oxygen atoms in total. The molecule has 2 aliphatic rings. The van der Waals surface area contributed by atoms with Crippen LogP contribution in [0.3, 0.4) is 0 Å². The normalized spacial score (nSPS) is 21.9. The molecule has 0 aromatic heterocycles. The number of ketones is 1. The first-order valence-electron chi connectivity index (χ1n) is 8.76. The fourth-order valence-corrected chi connectivity index (χ4v) is 3.09. The highest BCUT2D eigenvalue weighted by Crippen LogP contribution is 2.20. The molecule has 0 saturated carbocycles. The Labute approximate surface area is 158 Å². The minimum Gasteiger partial charge on any atom is -0.292 e. The van der Waals surface area contributed by atoms with E-state index in [1.54, 1.807) is 26.0 Å². The summed E-state index contributed by atoms with van der Waals surface area (Å²) in [6.07, 6.45) is 4.37. The van der Waals surface area contributed by atoms with E-state index in [-0.39, 0.29) is 6.54 Å². The van der Waals surface area contributed by atoms with Crippen LogP contribution < -0.4 is 0 Å². The largest absolute Gasteiger partial charge is 0.334 e. The van der Waals surface area contributed by atoms with E-state index in [0.717, 1.165) is 11.3 Å². The molecule has 0 aliphatic carbocycles. The van der Waals surface area contributed by atoms with Crippen LogP contribution in [0.1, 0.15) is 33.6 Å². The van der Waals surface area contributed by atoms with Gasteiger partial charge in [-0.3, -0.25) is 19.3 Å². The molecule has 2 aliphatic heterocycles. The predicted octanol–water partition coefficient (Wildman–Crippen LogP) is 1.93. The van der Waals surface area contributed by atoms with E-state index in [1.807, 2.05) is 6.92 Å². The molecule has 8 heteroatoms. The van der Waals surface area contributed by atoms with Gasteiger partial charge >= 0.3 is 17.8 Å². The van der Waals surface area contributed by atoms with Crippen molar-refractivity contribution < 1.29 is 29.0 Å². The van der Waals surface area contributed by atoms with Crippen LogP contribution in [0, 0.1) is 0 Å². The minimum atomic E-state index is -1.02. The van der Waals surface area contributed by atoms with Crippen molar-refractivity contribution in [3.05, 3.63) is 35.5 Å². The van der Waals surface area contributed by atoms with Gasteiger partial charge in [0.2, 0.25) is 0 Å². The molecule has 2 heterocycles. The van der Waals surface area contributed by atoms with Crippen molar-refractivity contribution >= 4 is 23.6 Å². The second-order valence-electron chi connectivity index (χ2n) is 6.53. The molecular weight excluding hydrogens is 352 g/mol. The number of carbonyl (C=O) groups is 4. The van der Waals surface area contributed by atoms with Crippen molar-refractivity contribution in [1.29, 1.82) is 0 Å². The Hall–Kier alpha value is -2.58. The summed E-state index contributed by atoms with van der Waals surface area (Å²) in [5, 5.41) is 0. The maximum atomic E-state index is 12.7. The molecule has 0 radical (unpaired) electrons. The zero-order valence-electron chi connectivity index (χ0n) is 15.8. The summed E-state index contributed by atoms with van der Waals surface area (Å²) >= 11 is 0. The van der Waals surface area contributed by atoms with Gasteiger partial charge in [0.05, 0.1) is 19.7 Å². The minimum absolute atomic E-state index is 0.0884. The monoisotopic (exact) mass is 376 g/mol. The number of allylic oxidation sites excluding steroid dienone is 4. The van der Waals surface area contributed by atoms with Crippen molar-refractivity contribution in [3.63, 3.8) is 0 Å². The summed E-state index contributed by atoms with van der Waals surface area (Å²) in [4.78, 5) is 61.0. The van der Waals surface area contributed by atoms with E-state index in [0.29, 0.717) is 34.6 Å². The number of hydrogen-bond acceptors (Lipinski definition) is 6. The van der Waals surface area contributed by atoms with E-state index in [1.165, 1.54) is 0 Å². The third kappa shape index (κ3) is 4.58. The van der Waals surface area contributed by atoms with Gasteiger partial charge in [0.25, 0.3) is 0 Å². The van der Waals surface area contributed by atoms with E-state index >= 15 is 0 Å². The molecule has 2 rings (SSSR count). The lowest BCUT2D eigenvalue weighted by molar-refractivity contribution is -0.344. The van der Waals surface area contributed by atoms with Crippen molar-refractivity contribution in [2.75, 3.05) is 19.7 Å². The van der Waals surface area contributed by atoms with Crippen molar-refractivity contribution in [2.45, 2.75) is 39.7 Å².